The number of rotatable bonds is 13. The van der Waals surface area contributed by atoms with E-state index in [2.05, 4.69) is 6.92 Å². The maximum Gasteiger partial charge on any atom is 0.336 e. The summed E-state index contributed by atoms with van der Waals surface area (Å²) in [5.74, 6) is 0.706. The summed E-state index contributed by atoms with van der Waals surface area (Å²) in [5.41, 5.74) is -0.534. The minimum atomic E-state index is -1.11. The highest BCUT2D eigenvalue weighted by molar-refractivity contribution is 5.78. The van der Waals surface area contributed by atoms with E-state index in [0.717, 1.165) is 19.3 Å². The van der Waals surface area contributed by atoms with Crippen molar-refractivity contribution in [3.63, 3.8) is 0 Å². The van der Waals surface area contributed by atoms with Crippen LogP contribution in [0.1, 0.15) is 70.5 Å². The molecule has 2 heterocycles. The van der Waals surface area contributed by atoms with Gasteiger partial charge in [0.25, 0.3) is 0 Å². The summed E-state index contributed by atoms with van der Waals surface area (Å²) >= 11 is 0. The molecule has 8 nitrogen and oxygen atoms in total. The molecule has 3 N–H and O–H groups in total. The maximum absolute atomic E-state index is 12.1. The zero-order chi connectivity index (χ0) is 21.9. The van der Waals surface area contributed by atoms with Crippen LogP contribution in [-0.4, -0.2) is 52.3 Å². The average molecular weight is 427 g/mol. The molecule has 30 heavy (non-hydrogen) atoms. The second kappa shape index (κ2) is 12.8. The van der Waals surface area contributed by atoms with Gasteiger partial charge >= 0.3 is 5.63 Å². The van der Waals surface area contributed by atoms with E-state index in [0.29, 0.717) is 25.7 Å². The Hall–Kier alpha value is -1.74. The van der Waals surface area contributed by atoms with Crippen LogP contribution in [-0.2, 0) is 16.0 Å². The molecule has 1 aliphatic heterocycles. The van der Waals surface area contributed by atoms with Gasteiger partial charge in [0, 0.05) is 31.7 Å². The Balaban J connectivity index is 1.87. The molecule has 170 valence electrons. The lowest BCUT2D eigenvalue weighted by atomic mass is 10.0. The molecule has 1 fully saturated rings. The van der Waals surface area contributed by atoms with Crippen LogP contribution in [0.25, 0.3) is 0 Å². The third kappa shape index (κ3) is 7.83. The zero-order valence-electron chi connectivity index (χ0n) is 17.6. The number of aliphatic hydroxyl groups is 3. The zero-order valence-corrected chi connectivity index (χ0v) is 17.6. The van der Waals surface area contributed by atoms with Crippen molar-refractivity contribution in [3.8, 4) is 5.75 Å². The molecule has 1 saturated heterocycles. The summed E-state index contributed by atoms with van der Waals surface area (Å²) in [6, 6.07) is 2.64. The van der Waals surface area contributed by atoms with Crippen LogP contribution in [0.5, 0.6) is 5.75 Å². The number of aliphatic hydroxyl groups excluding tert-OH is 3. The Bertz CT molecular complexity index is 701. The van der Waals surface area contributed by atoms with Crippen molar-refractivity contribution in [1.82, 2.24) is 0 Å². The SMILES string of the molecule is CCCCCCCC(=O)CCCc1oc(=O)ccc1O[C@@H]1O[C@H](CO)[C@@H](O)C[C@H]1O. The van der Waals surface area contributed by atoms with Gasteiger partial charge in [-0.05, 0) is 18.9 Å². The van der Waals surface area contributed by atoms with E-state index in [9.17, 15) is 24.9 Å². The Morgan fingerprint density at radius 3 is 2.57 bits per heavy atom. The van der Waals surface area contributed by atoms with Crippen LogP contribution in [0.3, 0.4) is 0 Å². The van der Waals surface area contributed by atoms with Gasteiger partial charge in [0.2, 0.25) is 6.29 Å². The molecule has 1 aliphatic rings. The number of unbranched alkanes of at least 4 members (excludes halogenated alkanes) is 4. The van der Waals surface area contributed by atoms with Crippen LogP contribution in [0.2, 0.25) is 0 Å². The number of ketones is 1. The summed E-state index contributed by atoms with van der Waals surface area (Å²) in [4.78, 5) is 23.7. The van der Waals surface area contributed by atoms with Gasteiger partial charge in [-0.15, -0.1) is 0 Å². The summed E-state index contributed by atoms with van der Waals surface area (Å²) in [6.07, 6.45) is 3.24. The molecule has 0 radical (unpaired) electrons. The van der Waals surface area contributed by atoms with E-state index >= 15 is 0 Å². The van der Waals surface area contributed by atoms with E-state index < -0.39 is 36.8 Å². The molecule has 0 saturated carbocycles. The van der Waals surface area contributed by atoms with Crippen LogP contribution >= 0.6 is 0 Å². The minimum absolute atomic E-state index is 0.00519. The Morgan fingerprint density at radius 1 is 1.10 bits per heavy atom. The van der Waals surface area contributed by atoms with Crippen molar-refractivity contribution in [3.05, 3.63) is 28.3 Å². The standard InChI is InChI=1S/C22H34O8/c1-2-3-4-5-6-8-15(24)9-7-10-18-19(11-12-21(27)28-18)29-22-17(26)13-16(25)20(14-23)30-22/h11-12,16-17,20,22-23,25-26H,2-10,13-14H2,1H3/t16-,17+,20+,22+/m0/s1. The fourth-order valence-corrected chi connectivity index (χ4v) is 3.48. The minimum Gasteiger partial charge on any atom is -0.459 e. The molecular weight excluding hydrogens is 392 g/mol. The Morgan fingerprint density at radius 2 is 1.83 bits per heavy atom. The molecule has 1 aromatic heterocycles. The summed E-state index contributed by atoms with van der Waals surface area (Å²) in [5, 5.41) is 29.2. The Kier molecular flexibility index (Phi) is 10.5. The van der Waals surface area contributed by atoms with Crippen molar-refractivity contribution >= 4 is 5.78 Å². The van der Waals surface area contributed by atoms with Crippen molar-refractivity contribution in [2.45, 2.75) is 95.7 Å². The molecule has 0 spiro atoms. The molecule has 1 aromatic rings. The number of aryl methyl sites for hydroxylation is 1. The highest BCUT2D eigenvalue weighted by atomic mass is 16.7. The van der Waals surface area contributed by atoms with Crippen molar-refractivity contribution in [2.24, 2.45) is 0 Å². The van der Waals surface area contributed by atoms with Crippen molar-refractivity contribution < 1.29 is 34.0 Å². The van der Waals surface area contributed by atoms with Crippen LogP contribution < -0.4 is 10.4 Å². The molecule has 0 unspecified atom stereocenters. The second-order valence-electron chi connectivity index (χ2n) is 7.81. The molecule has 8 heteroatoms. The van der Waals surface area contributed by atoms with E-state index in [1.54, 1.807) is 0 Å². The van der Waals surface area contributed by atoms with Gasteiger partial charge in [0.05, 0.1) is 12.7 Å². The smallest absolute Gasteiger partial charge is 0.336 e. The van der Waals surface area contributed by atoms with E-state index in [1.807, 2.05) is 0 Å². The van der Waals surface area contributed by atoms with Gasteiger partial charge < -0.3 is 29.2 Å². The average Bonchev–Trinajstić information content (AvgIpc) is 2.71. The first-order chi connectivity index (χ1) is 14.4. The first-order valence-corrected chi connectivity index (χ1v) is 10.9. The predicted molar refractivity (Wildman–Crippen MR) is 109 cm³/mol. The predicted octanol–water partition coefficient (Wildman–Crippen LogP) is 2.10. The Labute approximate surface area is 176 Å². The molecule has 0 amide bonds. The maximum atomic E-state index is 12.1. The van der Waals surface area contributed by atoms with E-state index in [-0.39, 0.29) is 23.7 Å². The first kappa shape index (κ1) is 24.5. The summed E-state index contributed by atoms with van der Waals surface area (Å²) < 4.78 is 16.3. The summed E-state index contributed by atoms with van der Waals surface area (Å²) in [7, 11) is 0. The quantitative estimate of drug-likeness (QED) is 0.409. The van der Waals surface area contributed by atoms with Crippen LogP contribution in [0.15, 0.2) is 21.3 Å². The van der Waals surface area contributed by atoms with Crippen LogP contribution in [0, 0.1) is 0 Å². The van der Waals surface area contributed by atoms with Crippen LogP contribution in [0.4, 0.5) is 0 Å². The number of ether oxygens (including phenoxy) is 2. The normalized spacial score (nSPS) is 24.0. The third-order valence-electron chi connectivity index (χ3n) is 5.25. The number of carbonyl (C=O) groups is 1. The molecule has 0 bridgehead atoms. The lowest BCUT2D eigenvalue weighted by Crippen LogP contribution is -2.51. The van der Waals surface area contributed by atoms with E-state index in [1.165, 1.54) is 25.0 Å². The van der Waals surface area contributed by atoms with Gasteiger partial charge in [-0.2, -0.15) is 0 Å². The van der Waals surface area contributed by atoms with Gasteiger partial charge in [-0.1, -0.05) is 32.6 Å². The number of carbonyl (C=O) groups excluding carboxylic acids is 1. The lowest BCUT2D eigenvalue weighted by Gasteiger charge is -2.36. The van der Waals surface area contributed by atoms with Crippen molar-refractivity contribution in [1.29, 1.82) is 0 Å². The molecule has 0 aromatic carbocycles. The monoisotopic (exact) mass is 426 g/mol. The summed E-state index contributed by atoms with van der Waals surface area (Å²) in [6.45, 7) is 1.74. The largest absolute Gasteiger partial charge is 0.459 e. The number of hydrogen-bond donors (Lipinski definition) is 3. The molecule has 4 atom stereocenters. The highest BCUT2D eigenvalue weighted by Crippen LogP contribution is 2.26. The van der Waals surface area contributed by atoms with Gasteiger partial charge in [0.15, 0.2) is 5.75 Å². The molecule has 0 aliphatic carbocycles. The second-order valence-corrected chi connectivity index (χ2v) is 7.81. The fourth-order valence-electron chi connectivity index (χ4n) is 3.48. The lowest BCUT2D eigenvalue weighted by molar-refractivity contribution is -0.240. The first-order valence-electron chi connectivity index (χ1n) is 10.9. The van der Waals surface area contributed by atoms with Crippen molar-refractivity contribution in [2.75, 3.05) is 6.61 Å². The van der Waals surface area contributed by atoms with E-state index in [4.69, 9.17) is 13.9 Å². The topological polar surface area (TPSA) is 126 Å². The fraction of sp³-hybridized carbons (Fsp3) is 0.727. The van der Waals surface area contributed by atoms with Gasteiger partial charge in [-0.25, -0.2) is 4.79 Å². The molecular formula is C22H34O8. The van der Waals surface area contributed by atoms with Gasteiger partial charge in [-0.3, -0.25) is 4.79 Å². The highest BCUT2D eigenvalue weighted by Gasteiger charge is 2.37. The molecule has 2 rings (SSSR count). The van der Waals surface area contributed by atoms with Gasteiger partial charge in [0.1, 0.15) is 23.8 Å². The number of Topliss-reactive ketones (excluding diaryl/α,β-unsaturated/α-hetero) is 1. The number of hydrogen-bond acceptors (Lipinski definition) is 8. The third-order valence-corrected chi connectivity index (χ3v) is 5.25.